The van der Waals surface area contributed by atoms with Crippen molar-refractivity contribution in [3.63, 3.8) is 0 Å². The largest absolute Gasteiger partial charge is 0.394 e. The molecule has 2 aromatic rings. The Bertz CT molecular complexity index is 680. The van der Waals surface area contributed by atoms with E-state index in [1.807, 2.05) is 0 Å². The van der Waals surface area contributed by atoms with Gasteiger partial charge in [0.15, 0.2) is 5.69 Å². The monoisotopic (exact) mass is 304 g/mol. The van der Waals surface area contributed by atoms with Crippen LogP contribution in [0.3, 0.4) is 0 Å². The fourth-order valence-electron chi connectivity index (χ4n) is 1.81. The molecule has 1 amide bonds. The Balaban J connectivity index is 2.20. The Morgan fingerprint density at radius 2 is 2.05 bits per heavy atom. The molecule has 0 radical (unpaired) electrons. The van der Waals surface area contributed by atoms with Crippen LogP contribution >= 0.6 is 0 Å². The summed E-state index contributed by atoms with van der Waals surface area (Å²) in [5.41, 5.74) is 0.840. The van der Waals surface area contributed by atoms with Gasteiger partial charge in [0.1, 0.15) is 0 Å². The summed E-state index contributed by atoms with van der Waals surface area (Å²) in [4.78, 5) is 23.7. The molecule has 0 saturated heterocycles. The summed E-state index contributed by atoms with van der Waals surface area (Å²) in [6.07, 6.45) is 1.60. The standard InChI is InChI=1S/C14H16N4O4/c1-10(9-19)16(2)14(20)13-7-8-17(15-13)11-3-5-12(6-4-11)18(21)22/h3-8,10,19H,9H2,1-2H3. The van der Waals surface area contributed by atoms with Crippen LogP contribution in [0.25, 0.3) is 5.69 Å². The number of likely N-dealkylation sites (N-methyl/N-ethyl adjacent to an activating group) is 1. The number of carbonyl (C=O) groups is 1. The smallest absolute Gasteiger partial charge is 0.274 e. The predicted molar refractivity (Wildman–Crippen MR) is 78.9 cm³/mol. The molecule has 0 bridgehead atoms. The topological polar surface area (TPSA) is 102 Å². The number of aromatic nitrogens is 2. The highest BCUT2D eigenvalue weighted by Crippen LogP contribution is 2.15. The van der Waals surface area contributed by atoms with E-state index in [4.69, 9.17) is 5.11 Å². The lowest BCUT2D eigenvalue weighted by molar-refractivity contribution is -0.384. The van der Waals surface area contributed by atoms with Gasteiger partial charge in [0.2, 0.25) is 0 Å². The van der Waals surface area contributed by atoms with Crippen molar-refractivity contribution in [1.82, 2.24) is 14.7 Å². The van der Waals surface area contributed by atoms with E-state index in [1.165, 1.54) is 21.7 Å². The third-order valence-electron chi connectivity index (χ3n) is 3.38. The SMILES string of the molecule is CC(CO)N(C)C(=O)c1ccn(-c2ccc([N+](=O)[O-])cc2)n1. The second kappa shape index (κ2) is 6.35. The van der Waals surface area contributed by atoms with Gasteiger partial charge in [-0.05, 0) is 25.1 Å². The van der Waals surface area contributed by atoms with Crippen LogP contribution in [-0.4, -0.2) is 50.3 Å². The van der Waals surface area contributed by atoms with Gasteiger partial charge in [-0.1, -0.05) is 0 Å². The zero-order chi connectivity index (χ0) is 16.3. The lowest BCUT2D eigenvalue weighted by Gasteiger charge is -2.21. The van der Waals surface area contributed by atoms with Crippen molar-refractivity contribution in [2.24, 2.45) is 0 Å². The van der Waals surface area contributed by atoms with Gasteiger partial charge in [0.25, 0.3) is 11.6 Å². The van der Waals surface area contributed by atoms with E-state index in [1.54, 1.807) is 38.4 Å². The van der Waals surface area contributed by atoms with E-state index in [0.717, 1.165) is 0 Å². The number of hydrogen-bond donors (Lipinski definition) is 1. The first-order valence-corrected chi connectivity index (χ1v) is 6.62. The molecule has 2 rings (SSSR count). The number of aliphatic hydroxyl groups is 1. The summed E-state index contributed by atoms with van der Waals surface area (Å²) in [6.45, 7) is 1.59. The molecular weight excluding hydrogens is 288 g/mol. The molecular formula is C14H16N4O4. The van der Waals surface area contributed by atoms with Crippen molar-refractivity contribution in [3.05, 3.63) is 52.3 Å². The number of non-ortho nitro benzene ring substituents is 1. The average molecular weight is 304 g/mol. The van der Waals surface area contributed by atoms with Gasteiger partial charge < -0.3 is 10.0 Å². The summed E-state index contributed by atoms with van der Waals surface area (Å²) < 4.78 is 1.47. The van der Waals surface area contributed by atoms with Crippen LogP contribution in [0.2, 0.25) is 0 Å². The van der Waals surface area contributed by atoms with Crippen LogP contribution in [0.4, 0.5) is 5.69 Å². The number of amides is 1. The molecule has 8 nitrogen and oxygen atoms in total. The number of aliphatic hydroxyl groups excluding tert-OH is 1. The van der Waals surface area contributed by atoms with Crippen molar-refractivity contribution >= 4 is 11.6 Å². The molecule has 1 aromatic carbocycles. The summed E-state index contributed by atoms with van der Waals surface area (Å²) in [5, 5.41) is 23.9. The molecule has 1 N–H and O–H groups in total. The molecule has 1 unspecified atom stereocenters. The van der Waals surface area contributed by atoms with Crippen LogP contribution in [0.1, 0.15) is 17.4 Å². The molecule has 0 aliphatic heterocycles. The highest BCUT2D eigenvalue weighted by atomic mass is 16.6. The maximum Gasteiger partial charge on any atom is 0.274 e. The summed E-state index contributed by atoms with van der Waals surface area (Å²) in [6, 6.07) is 7.11. The number of benzene rings is 1. The van der Waals surface area contributed by atoms with Crippen molar-refractivity contribution in [1.29, 1.82) is 0 Å². The van der Waals surface area contributed by atoms with E-state index >= 15 is 0 Å². The van der Waals surface area contributed by atoms with Gasteiger partial charge in [-0.3, -0.25) is 14.9 Å². The van der Waals surface area contributed by atoms with E-state index in [2.05, 4.69) is 5.10 Å². The third-order valence-corrected chi connectivity index (χ3v) is 3.38. The van der Waals surface area contributed by atoms with Gasteiger partial charge in [-0.25, -0.2) is 4.68 Å². The lowest BCUT2D eigenvalue weighted by atomic mass is 10.3. The van der Waals surface area contributed by atoms with Crippen LogP contribution in [0.15, 0.2) is 36.5 Å². The number of nitro benzene ring substituents is 1. The number of nitro groups is 1. The summed E-state index contributed by atoms with van der Waals surface area (Å²) >= 11 is 0. The van der Waals surface area contributed by atoms with E-state index < -0.39 is 4.92 Å². The van der Waals surface area contributed by atoms with Gasteiger partial charge in [0, 0.05) is 25.4 Å². The van der Waals surface area contributed by atoms with Gasteiger partial charge in [-0.15, -0.1) is 0 Å². The molecule has 0 saturated carbocycles. The molecule has 0 aliphatic carbocycles. The minimum absolute atomic E-state index is 0.0105. The first-order valence-electron chi connectivity index (χ1n) is 6.62. The van der Waals surface area contributed by atoms with Crippen molar-refractivity contribution in [2.75, 3.05) is 13.7 Å². The third kappa shape index (κ3) is 3.12. The average Bonchev–Trinajstić information content (AvgIpc) is 3.02. The van der Waals surface area contributed by atoms with Gasteiger partial charge in [0.05, 0.1) is 23.3 Å². The normalized spacial score (nSPS) is 12.0. The molecule has 1 aromatic heterocycles. The molecule has 8 heteroatoms. The van der Waals surface area contributed by atoms with E-state index in [9.17, 15) is 14.9 Å². The Morgan fingerprint density at radius 3 is 2.59 bits per heavy atom. The van der Waals surface area contributed by atoms with Crippen LogP contribution in [0, 0.1) is 10.1 Å². The summed E-state index contributed by atoms with van der Waals surface area (Å²) in [5.74, 6) is -0.304. The van der Waals surface area contributed by atoms with Crippen molar-refractivity contribution in [3.8, 4) is 5.69 Å². The second-order valence-corrected chi connectivity index (χ2v) is 4.87. The molecule has 1 atom stereocenters. The second-order valence-electron chi connectivity index (χ2n) is 4.87. The number of rotatable bonds is 5. The number of nitrogens with zero attached hydrogens (tertiary/aromatic N) is 4. The van der Waals surface area contributed by atoms with Crippen LogP contribution in [0.5, 0.6) is 0 Å². The van der Waals surface area contributed by atoms with Gasteiger partial charge >= 0.3 is 0 Å². The van der Waals surface area contributed by atoms with E-state index in [0.29, 0.717) is 5.69 Å². The van der Waals surface area contributed by atoms with Gasteiger partial charge in [-0.2, -0.15) is 5.10 Å². The van der Waals surface area contributed by atoms with Crippen LogP contribution in [-0.2, 0) is 0 Å². The maximum atomic E-state index is 12.2. The Morgan fingerprint density at radius 1 is 1.41 bits per heavy atom. The minimum Gasteiger partial charge on any atom is -0.394 e. The highest BCUT2D eigenvalue weighted by molar-refractivity contribution is 5.92. The summed E-state index contributed by atoms with van der Waals surface area (Å²) in [7, 11) is 1.59. The van der Waals surface area contributed by atoms with Crippen molar-refractivity contribution in [2.45, 2.75) is 13.0 Å². The molecule has 22 heavy (non-hydrogen) atoms. The molecule has 0 fully saturated rings. The van der Waals surface area contributed by atoms with Crippen LogP contribution < -0.4 is 0 Å². The Labute approximate surface area is 126 Å². The fraction of sp³-hybridized carbons (Fsp3) is 0.286. The minimum atomic E-state index is -0.479. The Kier molecular flexibility index (Phi) is 4.52. The fourth-order valence-corrected chi connectivity index (χ4v) is 1.81. The first kappa shape index (κ1) is 15.6. The quantitative estimate of drug-likeness (QED) is 0.661. The number of hydrogen-bond acceptors (Lipinski definition) is 5. The zero-order valence-electron chi connectivity index (χ0n) is 12.2. The highest BCUT2D eigenvalue weighted by Gasteiger charge is 2.19. The van der Waals surface area contributed by atoms with E-state index in [-0.39, 0.29) is 29.9 Å². The number of carbonyl (C=O) groups excluding carboxylic acids is 1. The first-order chi connectivity index (χ1) is 10.4. The molecule has 1 heterocycles. The lowest BCUT2D eigenvalue weighted by Crippen LogP contribution is -2.37. The Hall–Kier alpha value is -2.74. The molecule has 116 valence electrons. The molecule has 0 aliphatic rings. The predicted octanol–water partition coefficient (Wildman–Crippen LogP) is 1.23. The zero-order valence-corrected chi connectivity index (χ0v) is 12.2. The maximum absolute atomic E-state index is 12.2. The van der Waals surface area contributed by atoms with Crippen molar-refractivity contribution < 1.29 is 14.8 Å². The molecule has 0 spiro atoms.